The van der Waals surface area contributed by atoms with Crippen LogP contribution < -0.4 is 0 Å². The summed E-state index contributed by atoms with van der Waals surface area (Å²) >= 11 is 0. The normalized spacial score (nSPS) is 12.6. The lowest BCUT2D eigenvalue weighted by atomic mass is 10.1. The smallest absolute Gasteiger partial charge is 0.405 e. The molecule has 0 N–H and O–H groups in total. The van der Waals surface area contributed by atoms with E-state index >= 15 is 0 Å². The first-order chi connectivity index (χ1) is 9.37. The summed E-state index contributed by atoms with van der Waals surface area (Å²) in [5, 5.41) is 3.63. The molecule has 1 aromatic heterocycles. The van der Waals surface area contributed by atoms with Gasteiger partial charge >= 0.3 is 6.36 Å². The molecule has 0 saturated heterocycles. The summed E-state index contributed by atoms with van der Waals surface area (Å²) in [5.74, 6) is 0.101. The summed E-state index contributed by atoms with van der Waals surface area (Å²) in [6, 6.07) is 1.50. The topological polar surface area (TPSA) is 35.3 Å². The third kappa shape index (κ3) is 5.77. The second-order valence-corrected chi connectivity index (χ2v) is 3.35. The molecule has 1 heterocycles. The Kier molecular flexibility index (Phi) is 7.43. The van der Waals surface area contributed by atoms with E-state index < -0.39 is 6.36 Å². The Morgan fingerprint density at radius 3 is 2.35 bits per heavy atom. The summed E-state index contributed by atoms with van der Waals surface area (Å²) < 4.78 is 45.6. The number of halogens is 3. The molecule has 0 aliphatic carbocycles. The fourth-order valence-corrected chi connectivity index (χ4v) is 1.28. The van der Waals surface area contributed by atoms with Crippen LogP contribution in [0.15, 0.2) is 41.2 Å². The zero-order chi connectivity index (χ0) is 15.8. The summed E-state index contributed by atoms with van der Waals surface area (Å²) in [4.78, 5) is 0. The van der Waals surface area contributed by atoms with Crippen LogP contribution in [0.3, 0.4) is 0 Å². The number of aromatic nitrogens is 1. The average Bonchev–Trinajstić information content (AvgIpc) is 2.77. The van der Waals surface area contributed by atoms with Gasteiger partial charge in [-0.15, -0.1) is 13.2 Å². The van der Waals surface area contributed by atoms with Gasteiger partial charge in [0, 0.05) is 11.6 Å². The Morgan fingerprint density at radius 2 is 2.00 bits per heavy atom. The van der Waals surface area contributed by atoms with Gasteiger partial charge in [-0.25, -0.2) is 0 Å². The Hall–Kier alpha value is -1.98. The minimum Gasteiger partial charge on any atom is -0.405 e. The van der Waals surface area contributed by atoms with Gasteiger partial charge in [-0.05, 0) is 19.9 Å². The summed E-state index contributed by atoms with van der Waals surface area (Å²) in [6.45, 7) is 10.7. The van der Waals surface area contributed by atoms with E-state index in [4.69, 9.17) is 4.52 Å². The maximum absolute atomic E-state index is 12.3. The average molecular weight is 289 g/mol. The van der Waals surface area contributed by atoms with Gasteiger partial charge in [-0.1, -0.05) is 37.7 Å². The highest BCUT2D eigenvalue weighted by molar-refractivity contribution is 5.74. The standard InChI is InChI=1S/C12H12F3NO2.C2H6/c1-4-6-11(17-12(13,14)15)9(5-2)10-7-8(3)18-16-10;1-2/h4-7H,2H2,1,3H3;1-2H3/b6-4-,11-9-;. The molecule has 6 heteroatoms. The van der Waals surface area contributed by atoms with Crippen LogP contribution in [-0.2, 0) is 4.74 Å². The van der Waals surface area contributed by atoms with Gasteiger partial charge in [-0.2, -0.15) is 0 Å². The molecule has 0 fully saturated rings. The van der Waals surface area contributed by atoms with E-state index in [0.29, 0.717) is 5.76 Å². The summed E-state index contributed by atoms with van der Waals surface area (Å²) in [5.41, 5.74) is 0.349. The monoisotopic (exact) mass is 289 g/mol. The highest BCUT2D eigenvalue weighted by atomic mass is 19.4. The van der Waals surface area contributed by atoms with Crippen molar-refractivity contribution in [2.45, 2.75) is 34.1 Å². The van der Waals surface area contributed by atoms with E-state index in [1.54, 1.807) is 13.8 Å². The van der Waals surface area contributed by atoms with Crippen molar-refractivity contribution in [2.75, 3.05) is 0 Å². The first-order valence-corrected chi connectivity index (χ1v) is 6.06. The van der Waals surface area contributed by atoms with Crippen molar-refractivity contribution < 1.29 is 22.4 Å². The van der Waals surface area contributed by atoms with Crippen LogP contribution in [0.5, 0.6) is 0 Å². The first kappa shape index (κ1) is 18.0. The molecular weight excluding hydrogens is 271 g/mol. The molecule has 20 heavy (non-hydrogen) atoms. The number of alkyl halides is 3. The molecule has 1 rings (SSSR count). The van der Waals surface area contributed by atoms with Crippen LogP contribution >= 0.6 is 0 Å². The number of nitrogens with zero attached hydrogens (tertiary/aromatic N) is 1. The van der Waals surface area contributed by atoms with E-state index in [1.165, 1.54) is 24.3 Å². The predicted octanol–water partition coefficient (Wildman–Crippen LogP) is 5.02. The van der Waals surface area contributed by atoms with Crippen LogP contribution in [0.4, 0.5) is 13.2 Å². The fraction of sp³-hybridized carbons (Fsp3) is 0.357. The van der Waals surface area contributed by atoms with E-state index in [2.05, 4.69) is 16.5 Å². The van der Waals surface area contributed by atoms with Crippen molar-refractivity contribution in [1.82, 2.24) is 5.16 Å². The summed E-state index contributed by atoms with van der Waals surface area (Å²) in [7, 11) is 0. The quantitative estimate of drug-likeness (QED) is 0.576. The van der Waals surface area contributed by atoms with Crippen molar-refractivity contribution in [3.63, 3.8) is 0 Å². The van der Waals surface area contributed by atoms with Crippen molar-refractivity contribution in [3.8, 4) is 0 Å². The van der Waals surface area contributed by atoms with Crippen LogP contribution in [0.1, 0.15) is 32.2 Å². The molecule has 0 aromatic carbocycles. The highest BCUT2D eigenvalue weighted by Crippen LogP contribution is 2.28. The molecule has 0 saturated carbocycles. The molecule has 1 aromatic rings. The molecule has 112 valence electrons. The SMILES string of the molecule is C=C/C(=C(\C=C/C)OC(F)(F)F)c1cc(C)on1.CC. The van der Waals surface area contributed by atoms with Crippen molar-refractivity contribution in [2.24, 2.45) is 0 Å². The second kappa shape index (κ2) is 8.24. The molecular formula is C14H18F3NO2. The van der Waals surface area contributed by atoms with Crippen molar-refractivity contribution in [3.05, 3.63) is 48.1 Å². The van der Waals surface area contributed by atoms with Gasteiger partial charge in [0.2, 0.25) is 0 Å². The van der Waals surface area contributed by atoms with E-state index in [1.807, 2.05) is 13.8 Å². The van der Waals surface area contributed by atoms with Gasteiger partial charge in [0.15, 0.2) is 0 Å². The molecule has 0 spiro atoms. The van der Waals surface area contributed by atoms with Gasteiger partial charge in [0.1, 0.15) is 17.2 Å². The van der Waals surface area contributed by atoms with Crippen LogP contribution in [-0.4, -0.2) is 11.5 Å². The molecule has 0 aliphatic heterocycles. The Balaban J connectivity index is 0.00000172. The van der Waals surface area contributed by atoms with Crippen LogP contribution in [0.2, 0.25) is 0 Å². The Bertz CT molecular complexity index is 485. The number of hydrogen-bond acceptors (Lipinski definition) is 3. The lowest BCUT2D eigenvalue weighted by Crippen LogP contribution is -2.13. The lowest BCUT2D eigenvalue weighted by Gasteiger charge is -2.11. The van der Waals surface area contributed by atoms with E-state index in [-0.39, 0.29) is 17.0 Å². The number of ether oxygens (including phenoxy) is 1. The number of allylic oxidation sites excluding steroid dienone is 4. The fourth-order valence-electron chi connectivity index (χ4n) is 1.28. The molecule has 0 radical (unpaired) electrons. The maximum atomic E-state index is 12.3. The lowest BCUT2D eigenvalue weighted by molar-refractivity contribution is -0.302. The van der Waals surface area contributed by atoms with Gasteiger partial charge < -0.3 is 9.26 Å². The number of rotatable bonds is 4. The van der Waals surface area contributed by atoms with E-state index in [0.717, 1.165) is 0 Å². The second-order valence-electron chi connectivity index (χ2n) is 3.35. The van der Waals surface area contributed by atoms with Crippen molar-refractivity contribution >= 4 is 5.57 Å². The Labute approximate surface area is 116 Å². The minimum atomic E-state index is -4.78. The molecule has 0 atom stereocenters. The zero-order valence-electron chi connectivity index (χ0n) is 11.9. The minimum absolute atomic E-state index is 0.113. The van der Waals surface area contributed by atoms with E-state index in [9.17, 15) is 13.2 Å². The zero-order valence-corrected chi connectivity index (χ0v) is 11.9. The number of aryl methyl sites for hydroxylation is 1. The highest BCUT2D eigenvalue weighted by Gasteiger charge is 2.32. The first-order valence-electron chi connectivity index (χ1n) is 6.06. The largest absolute Gasteiger partial charge is 0.573 e. The third-order valence-corrected chi connectivity index (χ3v) is 1.92. The third-order valence-electron chi connectivity index (χ3n) is 1.92. The molecule has 0 bridgehead atoms. The summed E-state index contributed by atoms with van der Waals surface area (Å²) in [6.07, 6.45) is -0.924. The molecule has 0 amide bonds. The molecule has 3 nitrogen and oxygen atoms in total. The van der Waals surface area contributed by atoms with Crippen LogP contribution in [0, 0.1) is 6.92 Å². The number of hydrogen-bond donors (Lipinski definition) is 0. The van der Waals surface area contributed by atoms with Gasteiger partial charge in [0.05, 0.1) is 0 Å². The van der Waals surface area contributed by atoms with Gasteiger partial charge in [-0.3, -0.25) is 0 Å². The molecule has 0 aliphatic rings. The predicted molar refractivity (Wildman–Crippen MR) is 71.7 cm³/mol. The Morgan fingerprint density at radius 1 is 1.40 bits per heavy atom. The van der Waals surface area contributed by atoms with Crippen molar-refractivity contribution in [1.29, 1.82) is 0 Å². The van der Waals surface area contributed by atoms with Gasteiger partial charge in [0.25, 0.3) is 0 Å². The molecule has 0 unspecified atom stereocenters. The van der Waals surface area contributed by atoms with Crippen LogP contribution in [0.25, 0.3) is 5.57 Å². The maximum Gasteiger partial charge on any atom is 0.573 e.